The van der Waals surface area contributed by atoms with Gasteiger partial charge in [-0.3, -0.25) is 0 Å². The fourth-order valence-electron chi connectivity index (χ4n) is 6.47. The van der Waals surface area contributed by atoms with Crippen LogP contribution in [0.15, 0.2) is 95.9 Å². The average Bonchev–Trinajstić information content (AvgIpc) is 3.54. The average molecular weight is 509 g/mol. The van der Waals surface area contributed by atoms with Crippen molar-refractivity contribution < 1.29 is 14.5 Å². The van der Waals surface area contributed by atoms with E-state index in [2.05, 4.69) is 79.6 Å². The highest BCUT2D eigenvalue weighted by molar-refractivity contribution is 6.61. The number of furan rings is 1. The van der Waals surface area contributed by atoms with Gasteiger partial charge in [0.1, 0.15) is 5.58 Å². The van der Waals surface area contributed by atoms with Crippen LogP contribution in [-0.4, -0.2) is 21.7 Å². The molecule has 0 atom stereocenters. The van der Waals surface area contributed by atoms with Crippen molar-refractivity contribution in [1.29, 1.82) is 0 Å². The van der Waals surface area contributed by atoms with E-state index in [1.807, 2.05) is 37.3 Å². The van der Waals surface area contributed by atoms with Gasteiger partial charge >= 0.3 is 7.12 Å². The fraction of sp³-hybridized carbons (Fsp3) is 0.118. The van der Waals surface area contributed by atoms with E-state index in [0.29, 0.717) is 22.5 Å². The Labute approximate surface area is 227 Å². The Balaban J connectivity index is 1.55. The minimum absolute atomic E-state index is 0.135. The molecule has 2 N–H and O–H groups in total. The van der Waals surface area contributed by atoms with Crippen molar-refractivity contribution in [3.05, 3.63) is 114 Å². The summed E-state index contributed by atoms with van der Waals surface area (Å²) in [5, 5.41) is 23.2. The Bertz CT molecular complexity index is 2000. The molecule has 6 aromatic rings. The number of para-hydroxylation sites is 2. The van der Waals surface area contributed by atoms with Crippen LogP contribution in [-0.2, 0) is 5.41 Å². The summed E-state index contributed by atoms with van der Waals surface area (Å²) < 4.78 is 8.60. The molecule has 5 heteroatoms. The molecule has 0 spiro atoms. The van der Waals surface area contributed by atoms with Crippen LogP contribution < -0.4 is 5.46 Å². The molecular weight excluding hydrogens is 481 g/mol. The molecule has 4 aromatic carbocycles. The zero-order valence-electron chi connectivity index (χ0n) is 22.2. The Morgan fingerprint density at radius 3 is 2.38 bits per heavy atom. The van der Waals surface area contributed by atoms with Crippen LogP contribution in [0.25, 0.3) is 55.7 Å². The third-order valence-corrected chi connectivity index (χ3v) is 8.30. The van der Waals surface area contributed by atoms with Crippen molar-refractivity contribution in [2.75, 3.05) is 0 Å². The molecule has 2 heterocycles. The lowest BCUT2D eigenvalue weighted by Gasteiger charge is -2.21. The third kappa shape index (κ3) is 3.21. The second-order valence-electron chi connectivity index (χ2n) is 10.8. The van der Waals surface area contributed by atoms with Gasteiger partial charge in [-0.2, -0.15) is 0 Å². The number of aromatic nitrogens is 1. The predicted octanol–water partition coefficient (Wildman–Crippen LogP) is 7.08. The van der Waals surface area contributed by atoms with E-state index in [1.54, 1.807) is 6.07 Å². The molecule has 0 saturated carbocycles. The molecule has 7 rings (SSSR count). The van der Waals surface area contributed by atoms with E-state index in [0.717, 1.165) is 32.8 Å². The number of fused-ring (bicyclic) bond motifs is 7. The van der Waals surface area contributed by atoms with Crippen LogP contribution in [0.4, 0.5) is 0 Å². The van der Waals surface area contributed by atoms with Crippen molar-refractivity contribution in [3.63, 3.8) is 0 Å². The summed E-state index contributed by atoms with van der Waals surface area (Å²) >= 11 is 0. The molecule has 4 nitrogen and oxygen atoms in total. The van der Waals surface area contributed by atoms with Crippen LogP contribution in [0.5, 0.6) is 0 Å². The number of hydrogen-bond acceptors (Lipinski definition) is 3. The largest absolute Gasteiger partial charge is 0.492 e. The number of allylic oxidation sites excluding steroid dienone is 1. The van der Waals surface area contributed by atoms with Gasteiger partial charge in [0, 0.05) is 32.6 Å². The zero-order valence-corrected chi connectivity index (χ0v) is 22.2. The topological polar surface area (TPSA) is 58.5 Å². The van der Waals surface area contributed by atoms with Crippen LogP contribution in [0, 0.1) is 0 Å². The molecule has 0 unspecified atom stereocenters. The lowest BCUT2D eigenvalue weighted by Crippen LogP contribution is -2.30. The molecular formula is C34H28BNO3. The predicted molar refractivity (Wildman–Crippen MR) is 162 cm³/mol. The van der Waals surface area contributed by atoms with Crippen molar-refractivity contribution >= 4 is 57.1 Å². The Morgan fingerprint density at radius 2 is 1.59 bits per heavy atom. The second-order valence-corrected chi connectivity index (χ2v) is 10.8. The first kappa shape index (κ1) is 23.8. The van der Waals surface area contributed by atoms with E-state index >= 15 is 0 Å². The van der Waals surface area contributed by atoms with Crippen LogP contribution in [0.2, 0.25) is 0 Å². The number of rotatable bonds is 4. The van der Waals surface area contributed by atoms with E-state index < -0.39 is 7.12 Å². The fourth-order valence-corrected chi connectivity index (χ4v) is 6.47. The van der Waals surface area contributed by atoms with Crippen molar-refractivity contribution in [2.24, 2.45) is 0 Å². The molecule has 2 aromatic heterocycles. The lowest BCUT2D eigenvalue weighted by atomic mass is 9.79. The molecule has 0 saturated heterocycles. The Morgan fingerprint density at radius 1 is 0.846 bits per heavy atom. The van der Waals surface area contributed by atoms with Crippen molar-refractivity contribution in [2.45, 2.75) is 26.2 Å². The Kier molecular flexibility index (Phi) is 5.08. The van der Waals surface area contributed by atoms with Gasteiger partial charge in [0.15, 0.2) is 5.76 Å². The summed E-state index contributed by atoms with van der Waals surface area (Å²) in [7, 11) is -1.64. The van der Waals surface area contributed by atoms with Gasteiger partial charge in [-0.05, 0) is 47.4 Å². The molecule has 0 bridgehead atoms. The Hall–Kier alpha value is -4.32. The molecule has 39 heavy (non-hydrogen) atoms. The third-order valence-electron chi connectivity index (χ3n) is 8.30. The van der Waals surface area contributed by atoms with Crippen molar-refractivity contribution in [3.8, 4) is 11.1 Å². The minimum atomic E-state index is -1.64. The molecule has 0 radical (unpaired) electrons. The molecule has 0 aliphatic heterocycles. The lowest BCUT2D eigenvalue weighted by molar-refractivity contribution is 0.425. The van der Waals surface area contributed by atoms with Gasteiger partial charge in [0.25, 0.3) is 0 Å². The maximum Gasteiger partial charge on any atom is 0.492 e. The first-order chi connectivity index (χ1) is 18.8. The van der Waals surface area contributed by atoms with Crippen LogP contribution in [0.3, 0.4) is 0 Å². The van der Waals surface area contributed by atoms with E-state index in [-0.39, 0.29) is 5.41 Å². The van der Waals surface area contributed by atoms with E-state index in [4.69, 9.17) is 4.42 Å². The van der Waals surface area contributed by atoms with Gasteiger partial charge in [-0.25, -0.2) is 0 Å². The molecule has 0 fully saturated rings. The van der Waals surface area contributed by atoms with Gasteiger partial charge < -0.3 is 19.0 Å². The highest BCUT2D eigenvalue weighted by Crippen LogP contribution is 2.51. The van der Waals surface area contributed by atoms with Crippen LogP contribution in [0.1, 0.15) is 43.2 Å². The van der Waals surface area contributed by atoms with Crippen LogP contribution >= 0.6 is 0 Å². The second kappa shape index (κ2) is 8.34. The quantitative estimate of drug-likeness (QED) is 0.250. The molecule has 0 amide bonds. The number of hydrogen-bond donors (Lipinski definition) is 2. The van der Waals surface area contributed by atoms with Gasteiger partial charge in [-0.15, -0.1) is 0 Å². The summed E-state index contributed by atoms with van der Waals surface area (Å²) in [4.78, 5) is 0. The summed E-state index contributed by atoms with van der Waals surface area (Å²) in [6, 6.07) is 27.1. The normalized spacial score (nSPS) is 14.0. The zero-order chi connectivity index (χ0) is 27.1. The van der Waals surface area contributed by atoms with E-state index in [1.165, 1.54) is 22.3 Å². The molecule has 190 valence electrons. The van der Waals surface area contributed by atoms with Gasteiger partial charge in [0.05, 0.1) is 16.7 Å². The minimum Gasteiger partial charge on any atom is -0.454 e. The SMILES string of the molecule is C=C(c1oc2c(B(O)O)cccc2c1/C=C\C)n1c2ccccc2c2cc3c(cc21)C(C)(C)c1ccccc1-3. The monoisotopic (exact) mass is 509 g/mol. The smallest absolute Gasteiger partial charge is 0.454 e. The first-order valence-corrected chi connectivity index (χ1v) is 13.2. The standard InChI is InChI=1S/C34H28BNO3/c1-5-11-23-24-14-10-16-29(35(37)38)33(24)39-32(23)20(2)36-30-17-9-7-13-22(30)26-18-25-21-12-6-8-15-27(21)34(3,4)28(25)19-31(26)36/h5-19,37-38H,2H2,1,3-4H3/b11-5-. The van der Waals surface area contributed by atoms with Crippen molar-refractivity contribution in [1.82, 2.24) is 4.57 Å². The maximum atomic E-state index is 10.0. The summed E-state index contributed by atoms with van der Waals surface area (Å²) in [5.74, 6) is 0.599. The molecule has 1 aliphatic rings. The van der Waals surface area contributed by atoms with Gasteiger partial charge in [0.2, 0.25) is 0 Å². The first-order valence-electron chi connectivity index (χ1n) is 13.2. The highest BCUT2D eigenvalue weighted by Gasteiger charge is 2.36. The highest BCUT2D eigenvalue weighted by atomic mass is 16.4. The summed E-state index contributed by atoms with van der Waals surface area (Å²) in [6.07, 6.45) is 3.95. The van der Waals surface area contributed by atoms with E-state index in [9.17, 15) is 10.0 Å². The van der Waals surface area contributed by atoms with Gasteiger partial charge in [-0.1, -0.05) is 93.2 Å². The molecule has 1 aliphatic carbocycles. The number of nitrogens with zero attached hydrogens (tertiary/aromatic N) is 1. The number of benzene rings is 4. The maximum absolute atomic E-state index is 10.0. The summed E-state index contributed by atoms with van der Waals surface area (Å²) in [5.41, 5.74) is 9.50. The summed E-state index contributed by atoms with van der Waals surface area (Å²) in [6.45, 7) is 11.1.